The molecule has 0 unspecified atom stereocenters. The first-order chi connectivity index (χ1) is 8.54. The van der Waals surface area contributed by atoms with Gasteiger partial charge in [-0.2, -0.15) is 0 Å². The van der Waals surface area contributed by atoms with E-state index < -0.39 is 5.54 Å². The molecule has 0 saturated heterocycles. The average molecular weight is 257 g/mol. The van der Waals surface area contributed by atoms with Crippen molar-refractivity contribution in [2.24, 2.45) is 5.92 Å². The Labute approximate surface area is 110 Å². The monoisotopic (exact) mass is 257 g/mol. The van der Waals surface area contributed by atoms with Gasteiger partial charge in [0.05, 0.1) is 7.11 Å². The number of methoxy groups -OCH3 is 2. The molecule has 0 aliphatic heterocycles. The zero-order valence-electron chi connectivity index (χ0n) is 12.1. The average Bonchev–Trinajstić information content (AvgIpc) is 2.36. The van der Waals surface area contributed by atoms with Gasteiger partial charge in [-0.15, -0.1) is 0 Å². The standard InChI is InChI=1S/C14H27NO3/c1-11(2)15-14(13(16)18-4)8-5-12(6-9-14)7-10-17-3/h11-12,15H,5-10H2,1-4H3. The van der Waals surface area contributed by atoms with Crippen LogP contribution in [0.1, 0.15) is 46.0 Å². The fraction of sp³-hybridized carbons (Fsp3) is 0.929. The molecule has 0 amide bonds. The minimum Gasteiger partial charge on any atom is -0.468 e. The molecule has 1 fully saturated rings. The largest absolute Gasteiger partial charge is 0.468 e. The molecule has 106 valence electrons. The summed E-state index contributed by atoms with van der Waals surface area (Å²) in [5, 5.41) is 3.42. The van der Waals surface area contributed by atoms with Crippen LogP contribution in [0.15, 0.2) is 0 Å². The van der Waals surface area contributed by atoms with E-state index in [1.165, 1.54) is 7.11 Å². The Hall–Kier alpha value is -0.610. The second-order valence-electron chi connectivity index (χ2n) is 5.60. The molecule has 0 aromatic heterocycles. The SMILES string of the molecule is COCCC1CCC(NC(C)C)(C(=O)OC)CC1. The van der Waals surface area contributed by atoms with Crippen LogP contribution in [0.3, 0.4) is 0 Å². The Morgan fingerprint density at radius 1 is 1.33 bits per heavy atom. The summed E-state index contributed by atoms with van der Waals surface area (Å²) >= 11 is 0. The van der Waals surface area contributed by atoms with E-state index in [1.54, 1.807) is 7.11 Å². The van der Waals surface area contributed by atoms with Gasteiger partial charge in [-0.05, 0) is 51.9 Å². The van der Waals surface area contributed by atoms with Crippen molar-refractivity contribution in [1.82, 2.24) is 5.32 Å². The van der Waals surface area contributed by atoms with Gasteiger partial charge in [-0.25, -0.2) is 0 Å². The minimum absolute atomic E-state index is 0.110. The quantitative estimate of drug-likeness (QED) is 0.740. The van der Waals surface area contributed by atoms with Gasteiger partial charge < -0.3 is 9.47 Å². The maximum absolute atomic E-state index is 12.0. The molecule has 1 rings (SSSR count). The van der Waals surface area contributed by atoms with E-state index in [-0.39, 0.29) is 5.97 Å². The minimum atomic E-state index is -0.466. The van der Waals surface area contributed by atoms with E-state index >= 15 is 0 Å². The van der Waals surface area contributed by atoms with E-state index in [9.17, 15) is 4.79 Å². The molecule has 0 radical (unpaired) electrons. The summed E-state index contributed by atoms with van der Waals surface area (Å²) in [4.78, 5) is 12.0. The lowest BCUT2D eigenvalue weighted by Crippen LogP contribution is -2.57. The number of rotatable bonds is 6. The highest BCUT2D eigenvalue weighted by Crippen LogP contribution is 2.35. The molecule has 18 heavy (non-hydrogen) atoms. The van der Waals surface area contributed by atoms with Gasteiger partial charge in [0, 0.05) is 19.8 Å². The van der Waals surface area contributed by atoms with Gasteiger partial charge in [0.25, 0.3) is 0 Å². The zero-order chi connectivity index (χ0) is 13.6. The Kier molecular flexibility index (Phi) is 6.09. The highest BCUT2D eigenvalue weighted by atomic mass is 16.5. The normalized spacial score (nSPS) is 28.4. The van der Waals surface area contributed by atoms with Gasteiger partial charge in [-0.1, -0.05) is 0 Å². The number of hydrogen-bond acceptors (Lipinski definition) is 4. The summed E-state index contributed by atoms with van der Waals surface area (Å²) in [6, 6.07) is 0.291. The maximum atomic E-state index is 12.0. The summed E-state index contributed by atoms with van der Waals surface area (Å²) in [7, 11) is 3.21. The van der Waals surface area contributed by atoms with Crippen LogP contribution >= 0.6 is 0 Å². The molecule has 4 nitrogen and oxygen atoms in total. The van der Waals surface area contributed by atoms with E-state index in [1.807, 2.05) is 0 Å². The van der Waals surface area contributed by atoms with E-state index in [0.29, 0.717) is 12.0 Å². The Bertz CT molecular complexity index is 258. The molecule has 0 spiro atoms. The van der Waals surface area contributed by atoms with Crippen molar-refractivity contribution in [3.63, 3.8) is 0 Å². The van der Waals surface area contributed by atoms with Crippen LogP contribution in [0.5, 0.6) is 0 Å². The van der Waals surface area contributed by atoms with Crippen LogP contribution in [0.25, 0.3) is 0 Å². The molecule has 1 N–H and O–H groups in total. The fourth-order valence-corrected chi connectivity index (χ4v) is 2.90. The fourth-order valence-electron chi connectivity index (χ4n) is 2.90. The topological polar surface area (TPSA) is 47.6 Å². The molecule has 1 saturated carbocycles. The number of nitrogens with one attached hydrogen (secondary N) is 1. The summed E-state index contributed by atoms with van der Waals surface area (Å²) in [5.41, 5.74) is -0.466. The summed E-state index contributed by atoms with van der Waals surface area (Å²) in [6.45, 7) is 4.96. The number of ether oxygens (including phenoxy) is 2. The smallest absolute Gasteiger partial charge is 0.326 e. The van der Waals surface area contributed by atoms with Crippen LogP contribution in [0.4, 0.5) is 0 Å². The molecular formula is C14H27NO3. The van der Waals surface area contributed by atoms with Crippen LogP contribution in [0, 0.1) is 5.92 Å². The first-order valence-electron chi connectivity index (χ1n) is 6.89. The van der Waals surface area contributed by atoms with Crippen LogP contribution in [0.2, 0.25) is 0 Å². The highest BCUT2D eigenvalue weighted by molar-refractivity contribution is 5.81. The molecule has 0 atom stereocenters. The highest BCUT2D eigenvalue weighted by Gasteiger charge is 2.42. The van der Waals surface area contributed by atoms with E-state index in [4.69, 9.17) is 9.47 Å². The Balaban J connectivity index is 2.58. The summed E-state index contributed by atoms with van der Waals surface area (Å²) < 4.78 is 10.1. The molecule has 1 aliphatic rings. The van der Waals surface area contributed by atoms with Gasteiger partial charge in [-0.3, -0.25) is 10.1 Å². The molecule has 0 bridgehead atoms. The summed E-state index contributed by atoms with van der Waals surface area (Å²) in [6.07, 6.45) is 4.96. The van der Waals surface area contributed by atoms with Gasteiger partial charge in [0.2, 0.25) is 0 Å². The van der Waals surface area contributed by atoms with Crippen LogP contribution in [-0.4, -0.2) is 38.4 Å². The number of hydrogen-bond donors (Lipinski definition) is 1. The second-order valence-corrected chi connectivity index (χ2v) is 5.60. The Morgan fingerprint density at radius 2 is 1.94 bits per heavy atom. The van der Waals surface area contributed by atoms with Crippen molar-refractivity contribution in [2.45, 2.75) is 57.5 Å². The number of carbonyl (C=O) groups excluding carboxylic acids is 1. The number of carbonyl (C=O) groups is 1. The first-order valence-corrected chi connectivity index (χ1v) is 6.89. The third kappa shape index (κ3) is 3.95. The predicted octanol–water partition coefficient (Wildman–Crippen LogP) is 2.12. The van der Waals surface area contributed by atoms with E-state index in [2.05, 4.69) is 19.2 Å². The lowest BCUT2D eigenvalue weighted by atomic mass is 9.75. The third-order valence-electron chi connectivity index (χ3n) is 3.83. The molecule has 4 heteroatoms. The third-order valence-corrected chi connectivity index (χ3v) is 3.83. The second kappa shape index (κ2) is 7.10. The van der Waals surface area contributed by atoms with Gasteiger partial charge in [0.15, 0.2) is 0 Å². The van der Waals surface area contributed by atoms with Crippen molar-refractivity contribution >= 4 is 5.97 Å². The van der Waals surface area contributed by atoms with Crippen molar-refractivity contribution in [1.29, 1.82) is 0 Å². The van der Waals surface area contributed by atoms with Gasteiger partial charge in [0.1, 0.15) is 5.54 Å². The van der Waals surface area contributed by atoms with Crippen LogP contribution < -0.4 is 5.32 Å². The van der Waals surface area contributed by atoms with Crippen molar-refractivity contribution < 1.29 is 14.3 Å². The lowest BCUT2D eigenvalue weighted by Gasteiger charge is -2.39. The summed E-state index contributed by atoms with van der Waals surface area (Å²) in [5.74, 6) is 0.568. The molecule has 0 aromatic rings. The van der Waals surface area contributed by atoms with E-state index in [0.717, 1.165) is 38.7 Å². The van der Waals surface area contributed by atoms with Crippen molar-refractivity contribution in [3.8, 4) is 0 Å². The molecule has 1 aliphatic carbocycles. The predicted molar refractivity (Wildman–Crippen MR) is 71.5 cm³/mol. The zero-order valence-corrected chi connectivity index (χ0v) is 12.1. The van der Waals surface area contributed by atoms with Crippen molar-refractivity contribution in [3.05, 3.63) is 0 Å². The first kappa shape index (κ1) is 15.4. The molecule has 0 aromatic carbocycles. The Morgan fingerprint density at radius 3 is 2.39 bits per heavy atom. The number of esters is 1. The maximum Gasteiger partial charge on any atom is 0.326 e. The van der Waals surface area contributed by atoms with Crippen LogP contribution in [-0.2, 0) is 14.3 Å². The lowest BCUT2D eigenvalue weighted by molar-refractivity contribution is -0.151. The van der Waals surface area contributed by atoms with Crippen molar-refractivity contribution in [2.75, 3.05) is 20.8 Å². The molecule has 0 heterocycles. The van der Waals surface area contributed by atoms with Gasteiger partial charge >= 0.3 is 5.97 Å². The molecular weight excluding hydrogens is 230 g/mol.